The Hall–Kier alpha value is -2.06. The average Bonchev–Trinajstić information content (AvgIpc) is 2.55. The number of pyridine rings is 1. The third-order valence-corrected chi connectivity index (χ3v) is 3.38. The maximum atomic E-state index is 5.37. The van der Waals surface area contributed by atoms with Crippen LogP contribution in [0, 0.1) is 0 Å². The summed E-state index contributed by atoms with van der Waals surface area (Å²) in [6.07, 6.45) is 3.75. The van der Waals surface area contributed by atoms with Crippen LogP contribution in [-0.4, -0.2) is 11.3 Å². The Labute approximate surface area is 157 Å². The SMILES string of the molecule is NC(=S)N/N=C/c1cc[n+](-c2ccccc2)c2ccccc12.[I-]. The summed E-state index contributed by atoms with van der Waals surface area (Å²) in [6, 6.07) is 20.4. The number of hydrogen-bond donors (Lipinski definition) is 2. The molecule has 0 saturated heterocycles. The molecule has 4 nitrogen and oxygen atoms in total. The zero-order chi connectivity index (χ0) is 15.4. The van der Waals surface area contributed by atoms with Gasteiger partial charge in [0.05, 0.1) is 11.6 Å². The number of halogens is 1. The lowest BCUT2D eigenvalue weighted by Crippen LogP contribution is -3.00. The fourth-order valence-corrected chi connectivity index (χ4v) is 2.40. The van der Waals surface area contributed by atoms with E-state index in [1.54, 1.807) is 6.21 Å². The molecule has 3 rings (SSSR count). The topological polar surface area (TPSA) is 54.3 Å². The van der Waals surface area contributed by atoms with Gasteiger partial charge in [-0.15, -0.1) is 0 Å². The van der Waals surface area contributed by atoms with Crippen molar-refractivity contribution < 1.29 is 28.5 Å². The first-order valence-corrected chi connectivity index (χ1v) is 7.24. The molecule has 3 N–H and O–H groups in total. The van der Waals surface area contributed by atoms with Gasteiger partial charge in [-0.2, -0.15) is 9.67 Å². The summed E-state index contributed by atoms with van der Waals surface area (Å²) in [5.74, 6) is 0. The Balaban J connectivity index is 0.00000192. The quantitative estimate of drug-likeness (QED) is 0.188. The molecule has 23 heavy (non-hydrogen) atoms. The van der Waals surface area contributed by atoms with Gasteiger partial charge in [-0.3, -0.25) is 5.43 Å². The second-order valence-electron chi connectivity index (χ2n) is 4.73. The number of nitrogens with two attached hydrogens (primary N) is 1. The molecule has 0 saturated carbocycles. The number of nitrogens with one attached hydrogen (secondary N) is 1. The Morgan fingerprint density at radius 2 is 1.74 bits per heavy atom. The predicted octanol–water partition coefficient (Wildman–Crippen LogP) is -0.712. The van der Waals surface area contributed by atoms with E-state index in [9.17, 15) is 0 Å². The molecule has 1 heterocycles. The van der Waals surface area contributed by atoms with Crippen molar-refractivity contribution in [3.63, 3.8) is 0 Å². The highest BCUT2D eigenvalue weighted by atomic mass is 127. The van der Waals surface area contributed by atoms with Crippen molar-refractivity contribution in [3.8, 4) is 5.69 Å². The van der Waals surface area contributed by atoms with E-state index in [1.807, 2.05) is 42.6 Å². The molecule has 0 spiro atoms. The van der Waals surface area contributed by atoms with Gasteiger partial charge in [-0.1, -0.05) is 30.3 Å². The Kier molecular flexibility index (Phi) is 6.00. The lowest BCUT2D eigenvalue weighted by molar-refractivity contribution is -0.567. The summed E-state index contributed by atoms with van der Waals surface area (Å²) in [6.45, 7) is 0. The second kappa shape index (κ2) is 7.98. The van der Waals surface area contributed by atoms with Gasteiger partial charge in [0.1, 0.15) is 0 Å². The molecule has 0 radical (unpaired) electrons. The van der Waals surface area contributed by atoms with Crippen LogP contribution in [0.25, 0.3) is 16.6 Å². The largest absolute Gasteiger partial charge is 1.00 e. The van der Waals surface area contributed by atoms with Crippen LogP contribution in [0.1, 0.15) is 5.56 Å². The number of para-hydroxylation sites is 2. The minimum Gasteiger partial charge on any atom is -1.00 e. The van der Waals surface area contributed by atoms with Crippen LogP contribution < -0.4 is 39.7 Å². The summed E-state index contributed by atoms with van der Waals surface area (Å²) >= 11 is 4.74. The van der Waals surface area contributed by atoms with E-state index in [-0.39, 0.29) is 29.1 Å². The molecule has 0 aliphatic rings. The highest BCUT2D eigenvalue weighted by Crippen LogP contribution is 2.15. The summed E-state index contributed by atoms with van der Waals surface area (Å²) in [5.41, 5.74) is 11.2. The number of benzene rings is 2. The van der Waals surface area contributed by atoms with Gasteiger partial charge in [-0.25, -0.2) is 0 Å². The Morgan fingerprint density at radius 3 is 2.48 bits per heavy atom. The smallest absolute Gasteiger partial charge is 0.219 e. The molecule has 0 unspecified atom stereocenters. The van der Waals surface area contributed by atoms with Gasteiger partial charge < -0.3 is 29.7 Å². The van der Waals surface area contributed by atoms with Gasteiger partial charge in [0.2, 0.25) is 11.2 Å². The molecule has 0 atom stereocenters. The lowest BCUT2D eigenvalue weighted by atomic mass is 10.1. The predicted molar refractivity (Wildman–Crippen MR) is 93.0 cm³/mol. The molecule has 3 aromatic rings. The van der Waals surface area contributed by atoms with E-state index in [2.05, 4.69) is 39.4 Å². The maximum Gasteiger partial charge on any atom is 0.219 e. The third-order valence-electron chi connectivity index (χ3n) is 3.29. The lowest BCUT2D eigenvalue weighted by Gasteiger charge is -2.03. The van der Waals surface area contributed by atoms with Gasteiger partial charge >= 0.3 is 0 Å². The van der Waals surface area contributed by atoms with Gasteiger partial charge in [0.25, 0.3) is 0 Å². The van der Waals surface area contributed by atoms with E-state index in [0.29, 0.717) is 0 Å². The van der Waals surface area contributed by atoms with Crippen LogP contribution in [0.4, 0.5) is 0 Å². The molecule has 0 aliphatic carbocycles. The van der Waals surface area contributed by atoms with Crippen molar-refractivity contribution in [1.29, 1.82) is 0 Å². The van der Waals surface area contributed by atoms with Crippen molar-refractivity contribution >= 4 is 34.4 Å². The molecule has 6 heteroatoms. The first kappa shape index (κ1) is 17.3. The molecule has 0 fully saturated rings. The maximum absolute atomic E-state index is 5.37. The Bertz CT molecular complexity index is 850. The number of hydrazone groups is 1. The summed E-state index contributed by atoms with van der Waals surface area (Å²) < 4.78 is 2.15. The Morgan fingerprint density at radius 1 is 1.04 bits per heavy atom. The first-order valence-electron chi connectivity index (χ1n) is 6.83. The monoisotopic (exact) mass is 434 g/mol. The van der Waals surface area contributed by atoms with Crippen LogP contribution in [0.2, 0.25) is 0 Å². The number of hydrogen-bond acceptors (Lipinski definition) is 2. The summed E-state index contributed by atoms with van der Waals surface area (Å²) in [5, 5.41) is 5.29. The summed E-state index contributed by atoms with van der Waals surface area (Å²) in [4.78, 5) is 0. The van der Waals surface area contributed by atoms with Gasteiger partial charge in [-0.05, 0) is 18.3 Å². The van der Waals surface area contributed by atoms with E-state index in [4.69, 9.17) is 18.0 Å². The van der Waals surface area contributed by atoms with E-state index >= 15 is 0 Å². The number of fused-ring (bicyclic) bond motifs is 1. The van der Waals surface area contributed by atoms with Crippen LogP contribution in [0.15, 0.2) is 72.0 Å². The van der Waals surface area contributed by atoms with Crippen molar-refractivity contribution in [1.82, 2.24) is 5.43 Å². The molecular formula is C17H15IN4S. The normalized spacial score (nSPS) is 10.4. The van der Waals surface area contributed by atoms with Crippen molar-refractivity contribution in [2.24, 2.45) is 10.8 Å². The zero-order valence-corrected chi connectivity index (χ0v) is 15.2. The van der Waals surface area contributed by atoms with E-state index in [1.165, 1.54) is 0 Å². The van der Waals surface area contributed by atoms with Gasteiger partial charge in [0, 0.05) is 29.8 Å². The average molecular weight is 434 g/mol. The molecule has 1 aromatic heterocycles. The highest BCUT2D eigenvalue weighted by molar-refractivity contribution is 7.80. The number of aromatic nitrogens is 1. The van der Waals surface area contributed by atoms with Crippen molar-refractivity contribution in [2.75, 3.05) is 0 Å². The van der Waals surface area contributed by atoms with Crippen molar-refractivity contribution in [3.05, 3.63) is 72.4 Å². The zero-order valence-electron chi connectivity index (χ0n) is 12.2. The standard InChI is InChI=1S/C17H14N4S.HI/c18-17(22)20-19-12-13-10-11-21(14-6-2-1-3-7-14)16-9-5-4-8-15(13)16;/h1-12H,(H2,18,22);1H. The minimum absolute atomic E-state index is 0. The molecule has 2 aromatic carbocycles. The fourth-order valence-electron chi connectivity index (χ4n) is 2.34. The highest BCUT2D eigenvalue weighted by Gasteiger charge is 2.13. The first-order chi connectivity index (χ1) is 10.8. The van der Waals surface area contributed by atoms with E-state index in [0.717, 1.165) is 22.2 Å². The third kappa shape index (κ3) is 4.02. The minimum atomic E-state index is 0. The number of nitrogens with zero attached hydrogens (tertiary/aromatic N) is 2. The molecule has 0 amide bonds. The van der Waals surface area contributed by atoms with Crippen molar-refractivity contribution in [2.45, 2.75) is 0 Å². The van der Waals surface area contributed by atoms with E-state index < -0.39 is 0 Å². The summed E-state index contributed by atoms with van der Waals surface area (Å²) in [7, 11) is 0. The molecular weight excluding hydrogens is 419 g/mol. The number of thiocarbonyl (C=S) groups is 1. The fraction of sp³-hybridized carbons (Fsp3) is 0. The van der Waals surface area contributed by atoms with Crippen LogP contribution in [-0.2, 0) is 0 Å². The molecule has 0 bridgehead atoms. The molecule has 116 valence electrons. The molecule has 0 aliphatic heterocycles. The second-order valence-corrected chi connectivity index (χ2v) is 5.17. The number of rotatable bonds is 3. The van der Waals surface area contributed by atoms with Crippen LogP contribution >= 0.6 is 12.2 Å². The van der Waals surface area contributed by atoms with Crippen LogP contribution in [0.3, 0.4) is 0 Å². The van der Waals surface area contributed by atoms with Crippen LogP contribution in [0.5, 0.6) is 0 Å². The van der Waals surface area contributed by atoms with Gasteiger partial charge in [0.15, 0.2) is 11.3 Å².